The van der Waals surface area contributed by atoms with E-state index in [2.05, 4.69) is 31.1 Å². The molecule has 0 aliphatic rings. The number of carbonyl (C=O) groups is 2. The van der Waals surface area contributed by atoms with Crippen LogP contribution < -0.4 is 25.2 Å². The molecule has 0 aliphatic carbocycles. The van der Waals surface area contributed by atoms with E-state index in [-0.39, 0.29) is 98.5 Å². The number of benzene rings is 8. The minimum atomic E-state index is -4.80. The molecule has 18 nitrogen and oxygen atoms in total. The van der Waals surface area contributed by atoms with Gasteiger partial charge in [-0.3, -0.25) is 14.1 Å². The molecule has 4 N–H and O–H groups in total. The molecule has 0 atom stereocenters. The van der Waals surface area contributed by atoms with E-state index in [0.29, 0.717) is 56.4 Å². The second-order valence-electron chi connectivity index (χ2n) is 15.9. The fourth-order valence-electron chi connectivity index (χ4n) is 7.47. The molecule has 8 rings (SSSR count). The number of nitrogens with one attached hydrogen (secondary N) is 2. The molecule has 23 heteroatoms. The maximum atomic E-state index is 13.3. The Morgan fingerprint density at radius 1 is 0.600 bits per heavy atom. The summed E-state index contributed by atoms with van der Waals surface area (Å²) in [4.78, 5) is 25.2. The molecule has 0 heterocycles. The Morgan fingerprint density at radius 3 is 1.47 bits per heavy atom. The number of fused-ring (bicyclic) bond motifs is 2. The van der Waals surface area contributed by atoms with Crippen LogP contribution in [0.25, 0.3) is 21.5 Å². The van der Waals surface area contributed by atoms with Crippen molar-refractivity contribution in [2.75, 3.05) is 24.9 Å². The third-order valence-corrected chi connectivity index (χ3v) is 13.7. The van der Waals surface area contributed by atoms with Crippen molar-refractivity contribution in [2.45, 2.75) is 36.5 Å². The summed E-state index contributed by atoms with van der Waals surface area (Å²) in [6, 6.07) is 34.9. The van der Waals surface area contributed by atoms with Crippen molar-refractivity contribution < 1.29 is 55.2 Å². The molecule has 0 unspecified atom stereocenters. The molecule has 8 aromatic carbocycles. The monoisotopic (exact) mass is 1120 g/mol. The van der Waals surface area contributed by atoms with Gasteiger partial charge in [-0.05, 0) is 120 Å². The SMILES string of the molecule is CCc1cc(Cl)c(N=Nc2c(O)c(C(=O)Nc3ccc(OC)cc3)cc3ccccc23)cc1S(=O)(=O)O.CCc1cc(Cl)c(N=Nc2c([O-])c(C(=O)Nc3ccc(OC)cc3)cc3ccccc23)cc1S(=O)(=O)[O-].[Ca+2]. The second-order valence-corrected chi connectivity index (χ2v) is 19.4. The number of halogens is 2. The summed E-state index contributed by atoms with van der Waals surface area (Å²) in [5.41, 5.74) is 0.990. The third kappa shape index (κ3) is 13.6. The molecular formula is C52H42CaCl2N6O12S2. The average molecular weight is 1120 g/mol. The number of phenols is 1. The average Bonchev–Trinajstić information content (AvgIpc) is 3.38. The number of carbonyl (C=O) groups excluding carboxylic acids is 2. The first kappa shape index (κ1) is 57.6. The Hall–Kier alpha value is -6.72. The number of hydrogen-bond donors (Lipinski definition) is 4. The third-order valence-electron chi connectivity index (χ3n) is 11.2. The summed E-state index contributed by atoms with van der Waals surface area (Å²) in [5, 5.41) is 48.2. The van der Waals surface area contributed by atoms with Crippen LogP contribution in [0.5, 0.6) is 23.0 Å². The number of aryl methyl sites for hydroxylation is 2. The Labute approximate surface area is 470 Å². The number of anilines is 2. The minimum absolute atomic E-state index is 0. The Morgan fingerprint density at radius 2 is 1.01 bits per heavy atom. The van der Waals surface area contributed by atoms with Crippen LogP contribution in [0.4, 0.5) is 34.1 Å². The van der Waals surface area contributed by atoms with Crippen molar-refractivity contribution in [3.8, 4) is 23.0 Å². The van der Waals surface area contributed by atoms with Crippen LogP contribution in [0, 0.1) is 0 Å². The molecule has 0 fully saturated rings. The summed E-state index contributed by atoms with van der Waals surface area (Å²) in [5.74, 6) is -1.12. The number of ether oxygens (including phenoxy) is 2. The van der Waals surface area contributed by atoms with E-state index < -0.39 is 48.4 Å². The van der Waals surface area contributed by atoms with Gasteiger partial charge in [0.05, 0.1) is 45.3 Å². The van der Waals surface area contributed by atoms with E-state index in [1.165, 1.54) is 38.5 Å². The van der Waals surface area contributed by atoms with Crippen molar-refractivity contribution in [2.24, 2.45) is 20.5 Å². The smallest absolute Gasteiger partial charge is 0.870 e. The zero-order valence-electron chi connectivity index (χ0n) is 40.2. The molecule has 380 valence electrons. The van der Waals surface area contributed by atoms with Gasteiger partial charge in [0.1, 0.15) is 38.7 Å². The van der Waals surface area contributed by atoms with E-state index in [1.54, 1.807) is 111 Å². The maximum Gasteiger partial charge on any atom is 2.00 e. The predicted octanol–water partition coefficient (Wildman–Crippen LogP) is 12.0. The van der Waals surface area contributed by atoms with Gasteiger partial charge in [0.2, 0.25) is 0 Å². The largest absolute Gasteiger partial charge is 2.00 e. The van der Waals surface area contributed by atoms with Gasteiger partial charge in [0.15, 0.2) is 5.75 Å². The number of amides is 2. The molecule has 2 amide bonds. The normalized spacial score (nSPS) is 11.5. The van der Waals surface area contributed by atoms with Gasteiger partial charge in [-0.25, -0.2) is 8.42 Å². The van der Waals surface area contributed by atoms with Crippen LogP contribution in [-0.4, -0.2) is 94.8 Å². The standard InChI is InChI=1S/2C26H22ClN3O6S.Ca/c2*1-3-15-13-21(27)22(14-23(15)37(33,34)35)29-30-24-19-7-5-4-6-16(19)12-20(25(24)31)26(32)28-17-8-10-18(36-2)11-9-17;/h2*4-14,31H,3H2,1-2H3,(H,28,32)(H,33,34,35);/q;;+2/p-2. The zero-order chi connectivity index (χ0) is 53.5. The van der Waals surface area contributed by atoms with Crippen LogP contribution in [-0.2, 0) is 33.1 Å². The molecule has 8 aromatic rings. The summed E-state index contributed by atoms with van der Waals surface area (Å²) in [7, 11) is -6.27. The van der Waals surface area contributed by atoms with Gasteiger partial charge < -0.3 is 34.9 Å². The number of nitrogens with zero attached hydrogens (tertiary/aromatic N) is 4. The first-order valence-corrected chi connectivity index (χ1v) is 25.6. The Bertz CT molecular complexity index is 3530. The maximum absolute atomic E-state index is 13.3. The summed E-state index contributed by atoms with van der Waals surface area (Å²) in [6.45, 7) is 3.40. The molecule has 0 radical (unpaired) electrons. The quantitative estimate of drug-likeness (QED) is 0.0449. The number of azo groups is 2. The first-order valence-electron chi connectivity index (χ1n) is 22.0. The zero-order valence-corrected chi connectivity index (χ0v) is 45.5. The van der Waals surface area contributed by atoms with Gasteiger partial charge >= 0.3 is 37.7 Å². The molecular weight excluding hydrogens is 1080 g/mol. The number of rotatable bonds is 14. The second kappa shape index (κ2) is 24.7. The van der Waals surface area contributed by atoms with Crippen molar-refractivity contribution in [3.63, 3.8) is 0 Å². The van der Waals surface area contributed by atoms with Crippen LogP contribution in [0.15, 0.2) is 164 Å². The van der Waals surface area contributed by atoms with Crippen LogP contribution in [0.1, 0.15) is 45.7 Å². The predicted molar refractivity (Wildman–Crippen MR) is 284 cm³/mol. The minimum Gasteiger partial charge on any atom is -0.870 e. The van der Waals surface area contributed by atoms with Gasteiger partial charge in [0, 0.05) is 27.7 Å². The number of hydrogen-bond acceptors (Lipinski definition) is 15. The van der Waals surface area contributed by atoms with Gasteiger partial charge in [0.25, 0.3) is 21.9 Å². The molecule has 0 saturated carbocycles. The molecule has 0 spiro atoms. The van der Waals surface area contributed by atoms with Crippen molar-refractivity contribution in [1.29, 1.82) is 0 Å². The molecule has 0 aliphatic heterocycles. The molecule has 0 aromatic heterocycles. The summed E-state index contributed by atoms with van der Waals surface area (Å²) < 4.78 is 78.6. The first-order chi connectivity index (χ1) is 35.2. The number of phenolic OH excluding ortho intramolecular Hbond substituents is 1. The van der Waals surface area contributed by atoms with Gasteiger partial charge in [-0.2, -0.15) is 13.5 Å². The van der Waals surface area contributed by atoms with Crippen LogP contribution in [0.3, 0.4) is 0 Å². The van der Waals surface area contributed by atoms with Crippen LogP contribution >= 0.6 is 23.2 Å². The van der Waals surface area contributed by atoms with Gasteiger partial charge in [-0.15, -0.1) is 15.3 Å². The molecule has 75 heavy (non-hydrogen) atoms. The van der Waals surface area contributed by atoms with Gasteiger partial charge in [-0.1, -0.05) is 91.3 Å². The summed E-state index contributed by atoms with van der Waals surface area (Å²) >= 11 is 12.5. The van der Waals surface area contributed by atoms with E-state index in [1.807, 2.05) is 0 Å². The Kier molecular flexibility index (Phi) is 19.0. The fourth-order valence-corrected chi connectivity index (χ4v) is 9.49. The number of aromatic hydroxyl groups is 1. The van der Waals surface area contributed by atoms with Crippen LogP contribution in [0.2, 0.25) is 10.0 Å². The van der Waals surface area contributed by atoms with E-state index in [9.17, 15) is 45.7 Å². The Balaban J connectivity index is 0.000000241. The molecule has 0 bridgehead atoms. The molecule has 0 saturated heterocycles. The topological polar surface area (TPSA) is 281 Å². The van der Waals surface area contributed by atoms with Crippen molar-refractivity contribution >= 4 is 149 Å². The van der Waals surface area contributed by atoms with E-state index in [0.717, 1.165) is 12.1 Å². The van der Waals surface area contributed by atoms with Crippen molar-refractivity contribution in [3.05, 3.63) is 166 Å². The fraction of sp³-hybridized carbons (Fsp3) is 0.115. The number of methoxy groups -OCH3 is 2. The summed E-state index contributed by atoms with van der Waals surface area (Å²) in [6.07, 6.45) is 0.567. The van der Waals surface area contributed by atoms with E-state index in [4.69, 9.17) is 32.7 Å². The van der Waals surface area contributed by atoms with Crippen molar-refractivity contribution in [1.82, 2.24) is 0 Å². The van der Waals surface area contributed by atoms with E-state index >= 15 is 0 Å².